The summed E-state index contributed by atoms with van der Waals surface area (Å²) in [6, 6.07) is 5.07. The van der Waals surface area contributed by atoms with Crippen LogP contribution < -0.4 is 33.6 Å². The van der Waals surface area contributed by atoms with E-state index in [0.29, 0.717) is 32.2 Å². The van der Waals surface area contributed by atoms with E-state index in [0.717, 1.165) is 5.56 Å². The molecule has 0 aliphatic carbocycles. The van der Waals surface area contributed by atoms with E-state index < -0.39 is 47.9 Å². The molecule has 14 heteroatoms. The van der Waals surface area contributed by atoms with Crippen molar-refractivity contribution >= 4 is 35.6 Å². The molecule has 1 fully saturated rings. The average Bonchev–Trinajstić information content (AvgIpc) is 3.38. The van der Waals surface area contributed by atoms with Gasteiger partial charge < -0.3 is 43.6 Å². The Morgan fingerprint density at radius 2 is 1.72 bits per heavy atom. The van der Waals surface area contributed by atoms with Gasteiger partial charge in [0.15, 0.2) is 5.96 Å². The van der Waals surface area contributed by atoms with Crippen LogP contribution in [0.3, 0.4) is 0 Å². The number of nitrogens with two attached hydrogens (primary N) is 4. The van der Waals surface area contributed by atoms with E-state index in [4.69, 9.17) is 22.9 Å². The molecule has 0 aromatic heterocycles. The van der Waals surface area contributed by atoms with Crippen LogP contribution in [0.4, 0.5) is 0 Å². The molecule has 39 heavy (non-hydrogen) atoms. The molecular weight excluding hydrogens is 508 g/mol. The van der Waals surface area contributed by atoms with Gasteiger partial charge in [0.25, 0.3) is 0 Å². The van der Waals surface area contributed by atoms with Crippen molar-refractivity contribution in [2.75, 3.05) is 13.1 Å². The predicted molar refractivity (Wildman–Crippen MR) is 143 cm³/mol. The first-order valence-corrected chi connectivity index (χ1v) is 12.8. The van der Waals surface area contributed by atoms with Crippen LogP contribution in [-0.2, 0) is 30.4 Å². The molecule has 4 amide bonds. The number of nitrogens with one attached hydrogen (secondary N) is 2. The van der Waals surface area contributed by atoms with Crippen LogP contribution in [0, 0.1) is 0 Å². The maximum Gasteiger partial charge on any atom is 0.326 e. The average molecular weight is 547 g/mol. The van der Waals surface area contributed by atoms with Gasteiger partial charge in [0.2, 0.25) is 23.6 Å². The Labute approximate surface area is 226 Å². The van der Waals surface area contributed by atoms with Crippen molar-refractivity contribution in [1.29, 1.82) is 0 Å². The first-order chi connectivity index (χ1) is 18.5. The minimum atomic E-state index is -1.39. The van der Waals surface area contributed by atoms with Crippen molar-refractivity contribution < 1.29 is 29.1 Å². The summed E-state index contributed by atoms with van der Waals surface area (Å²) in [7, 11) is 0. The van der Waals surface area contributed by atoms with Crippen LogP contribution in [0.2, 0.25) is 0 Å². The monoisotopic (exact) mass is 546 g/mol. The van der Waals surface area contributed by atoms with Crippen molar-refractivity contribution in [2.24, 2.45) is 27.9 Å². The van der Waals surface area contributed by atoms with Crippen LogP contribution in [0.1, 0.15) is 44.1 Å². The highest BCUT2D eigenvalue weighted by molar-refractivity contribution is 5.94. The molecule has 214 valence electrons. The number of primary amides is 1. The number of aliphatic imine (C=N–C) groups is 1. The van der Waals surface area contributed by atoms with Crippen LogP contribution >= 0.6 is 0 Å². The maximum absolute atomic E-state index is 13.3. The summed E-state index contributed by atoms with van der Waals surface area (Å²) in [4.78, 5) is 67.3. The molecule has 1 saturated heterocycles. The smallest absolute Gasteiger partial charge is 0.326 e. The zero-order valence-corrected chi connectivity index (χ0v) is 21.8. The fourth-order valence-electron chi connectivity index (χ4n) is 4.33. The third-order valence-corrected chi connectivity index (χ3v) is 6.33. The van der Waals surface area contributed by atoms with Gasteiger partial charge in [-0.1, -0.05) is 30.3 Å². The van der Waals surface area contributed by atoms with Gasteiger partial charge in [-0.05, 0) is 44.1 Å². The van der Waals surface area contributed by atoms with Crippen molar-refractivity contribution in [3.05, 3.63) is 35.9 Å². The van der Waals surface area contributed by atoms with Crippen molar-refractivity contribution in [3.8, 4) is 0 Å². The third-order valence-electron chi connectivity index (χ3n) is 6.33. The number of nitrogens with zero attached hydrogens (tertiary/aromatic N) is 2. The molecule has 1 aromatic rings. The number of carbonyl (C=O) groups excluding carboxylic acids is 4. The molecule has 14 nitrogen and oxygen atoms in total. The number of carboxylic acids is 1. The Hall–Kier alpha value is -4.20. The Morgan fingerprint density at radius 3 is 2.33 bits per heavy atom. The number of rotatable bonds is 15. The predicted octanol–water partition coefficient (Wildman–Crippen LogP) is -2.08. The van der Waals surface area contributed by atoms with Gasteiger partial charge in [0, 0.05) is 19.5 Å². The summed E-state index contributed by atoms with van der Waals surface area (Å²) in [6.45, 7) is 0.517. The molecule has 1 aliphatic heterocycles. The van der Waals surface area contributed by atoms with Crippen LogP contribution in [0.25, 0.3) is 0 Å². The van der Waals surface area contributed by atoms with E-state index in [2.05, 4.69) is 15.6 Å². The van der Waals surface area contributed by atoms with E-state index in [1.165, 1.54) is 4.90 Å². The summed E-state index contributed by atoms with van der Waals surface area (Å²) in [5, 5.41) is 14.4. The number of benzene rings is 1. The van der Waals surface area contributed by atoms with Gasteiger partial charge in [0.1, 0.15) is 18.1 Å². The second-order valence-corrected chi connectivity index (χ2v) is 9.40. The Morgan fingerprint density at radius 1 is 1.03 bits per heavy atom. The molecule has 0 spiro atoms. The van der Waals surface area contributed by atoms with Gasteiger partial charge in [-0.15, -0.1) is 0 Å². The molecule has 11 N–H and O–H groups in total. The van der Waals surface area contributed by atoms with Gasteiger partial charge in [-0.3, -0.25) is 24.2 Å². The van der Waals surface area contributed by atoms with E-state index in [9.17, 15) is 29.1 Å². The van der Waals surface area contributed by atoms with E-state index in [-0.39, 0.29) is 37.7 Å². The Balaban J connectivity index is 2.11. The number of carbonyl (C=O) groups is 5. The molecule has 0 radical (unpaired) electrons. The zero-order valence-electron chi connectivity index (χ0n) is 21.8. The number of guanidine groups is 1. The molecule has 0 bridgehead atoms. The molecule has 4 atom stereocenters. The van der Waals surface area contributed by atoms with Crippen LogP contribution in [0.5, 0.6) is 0 Å². The highest BCUT2D eigenvalue weighted by atomic mass is 16.4. The molecule has 2 rings (SSSR count). The van der Waals surface area contributed by atoms with Gasteiger partial charge >= 0.3 is 5.97 Å². The molecule has 1 aliphatic rings. The summed E-state index contributed by atoms with van der Waals surface area (Å²) in [5.41, 5.74) is 22.8. The van der Waals surface area contributed by atoms with Gasteiger partial charge in [-0.2, -0.15) is 0 Å². The molecule has 4 unspecified atom stereocenters. The first-order valence-electron chi connectivity index (χ1n) is 12.8. The van der Waals surface area contributed by atoms with E-state index in [1.54, 1.807) is 0 Å². The maximum atomic E-state index is 13.3. The number of amides is 4. The Bertz CT molecular complexity index is 1050. The standard InChI is InChI=1S/C25H38N8O6/c26-16(14-15-6-2-1-3-7-15)23(37)33-13-5-9-19(33)22(36)31-17(8-4-12-30-25(28)29)21(35)32-18(24(38)39)10-11-20(27)34/h1-3,6-7,16-19H,4-5,8-14,26H2,(H2,27,34)(H,31,36)(H,32,35)(H,38,39)(H4,28,29,30). The zero-order chi connectivity index (χ0) is 28.9. The minimum Gasteiger partial charge on any atom is -0.480 e. The summed E-state index contributed by atoms with van der Waals surface area (Å²) in [6.07, 6.45) is 1.19. The molecular formula is C25H38N8O6. The quantitative estimate of drug-likeness (QED) is 0.0723. The number of aliphatic carboxylic acids is 1. The SMILES string of the molecule is NC(=O)CCC(NC(=O)C(CCCN=C(N)N)NC(=O)C1CCCN1C(=O)C(N)Cc1ccccc1)C(=O)O. The number of hydrogen-bond donors (Lipinski definition) is 7. The van der Waals surface area contributed by atoms with E-state index in [1.807, 2.05) is 30.3 Å². The molecule has 0 saturated carbocycles. The van der Waals surface area contributed by atoms with E-state index >= 15 is 0 Å². The lowest BCUT2D eigenvalue weighted by Gasteiger charge is -2.28. The fraction of sp³-hybridized carbons (Fsp3) is 0.520. The Kier molecular flexibility index (Phi) is 12.1. The summed E-state index contributed by atoms with van der Waals surface area (Å²) < 4.78 is 0. The second kappa shape index (κ2) is 15.3. The van der Waals surface area contributed by atoms with Crippen LogP contribution in [0.15, 0.2) is 35.3 Å². The number of carboxylic acid groups (broad SMARTS) is 1. The number of hydrogen-bond acceptors (Lipinski definition) is 7. The topological polar surface area (TPSA) is 249 Å². The number of likely N-dealkylation sites (tertiary alicyclic amines) is 1. The van der Waals surface area contributed by atoms with Gasteiger partial charge in [0.05, 0.1) is 6.04 Å². The minimum absolute atomic E-state index is 0.0880. The second-order valence-electron chi connectivity index (χ2n) is 9.40. The van der Waals surface area contributed by atoms with Crippen molar-refractivity contribution in [3.63, 3.8) is 0 Å². The lowest BCUT2D eigenvalue weighted by Crippen LogP contribution is -2.56. The van der Waals surface area contributed by atoms with Crippen molar-refractivity contribution in [2.45, 2.75) is 69.1 Å². The normalized spacial score (nSPS) is 16.9. The van der Waals surface area contributed by atoms with Crippen LogP contribution in [-0.4, -0.2) is 82.8 Å². The fourth-order valence-corrected chi connectivity index (χ4v) is 4.33. The lowest BCUT2D eigenvalue weighted by atomic mass is 10.0. The lowest BCUT2D eigenvalue weighted by molar-refractivity contribution is -0.143. The highest BCUT2D eigenvalue weighted by Gasteiger charge is 2.38. The van der Waals surface area contributed by atoms with Crippen molar-refractivity contribution in [1.82, 2.24) is 15.5 Å². The third kappa shape index (κ3) is 10.2. The highest BCUT2D eigenvalue weighted by Crippen LogP contribution is 2.20. The largest absolute Gasteiger partial charge is 0.480 e. The van der Waals surface area contributed by atoms with Gasteiger partial charge in [-0.25, -0.2) is 4.79 Å². The summed E-state index contributed by atoms with van der Waals surface area (Å²) >= 11 is 0. The first kappa shape index (κ1) is 31.0. The summed E-state index contributed by atoms with van der Waals surface area (Å²) in [5.74, 6) is -3.89. The molecule has 1 heterocycles. The molecule has 1 aromatic carbocycles.